The number of aryl methyl sites for hydroxylation is 2. The normalized spacial score (nSPS) is 10.8. The number of carbonyl (C=O) groups excluding carboxylic acids is 1. The lowest BCUT2D eigenvalue weighted by Gasteiger charge is -2.09. The van der Waals surface area contributed by atoms with Gasteiger partial charge in [-0.15, -0.1) is 0 Å². The number of carbonyl (C=O) groups is 1. The van der Waals surface area contributed by atoms with Crippen LogP contribution < -0.4 is 10.7 Å². The molecule has 0 atom stereocenters. The molecule has 24 heavy (non-hydrogen) atoms. The van der Waals surface area contributed by atoms with Crippen LogP contribution in [0.4, 0.5) is 10.1 Å². The third-order valence-electron chi connectivity index (χ3n) is 3.66. The lowest BCUT2D eigenvalue weighted by molar-refractivity contribution is 0.101. The highest BCUT2D eigenvalue weighted by atomic mass is 35.5. The van der Waals surface area contributed by atoms with Crippen LogP contribution in [0.15, 0.2) is 41.2 Å². The van der Waals surface area contributed by atoms with E-state index in [2.05, 4.69) is 10.4 Å². The summed E-state index contributed by atoms with van der Waals surface area (Å²) in [5.41, 5.74) is 0.811. The number of rotatable bonds is 2. The zero-order chi connectivity index (χ0) is 17.4. The number of hydrogen-bond donors (Lipinski definition) is 1. The van der Waals surface area contributed by atoms with E-state index in [9.17, 15) is 14.0 Å². The molecule has 0 unspecified atom stereocenters. The Morgan fingerprint density at radius 3 is 2.71 bits per heavy atom. The lowest BCUT2D eigenvalue weighted by Crippen LogP contribution is -2.26. The molecule has 1 aromatic heterocycles. The van der Waals surface area contributed by atoms with Gasteiger partial charge in [0.2, 0.25) is 5.43 Å². The largest absolute Gasteiger partial charge is 0.320 e. The second kappa shape index (κ2) is 6.05. The van der Waals surface area contributed by atoms with Crippen LogP contribution in [-0.4, -0.2) is 15.7 Å². The van der Waals surface area contributed by atoms with Crippen LogP contribution in [0.25, 0.3) is 10.9 Å². The number of halogens is 2. The van der Waals surface area contributed by atoms with Gasteiger partial charge in [0.1, 0.15) is 5.82 Å². The standard InChI is InChI=1S/C17H13ClFN3O2/c1-9-3-5-11(8-13(9)18)20-17(24)15-16(23)12-7-10(19)4-6-14(12)22(2)21-15/h3-8H,1-2H3,(H,20,24). The minimum absolute atomic E-state index is 0.0968. The van der Waals surface area contributed by atoms with E-state index in [1.54, 1.807) is 25.2 Å². The molecule has 3 rings (SSSR count). The molecule has 7 heteroatoms. The third kappa shape index (κ3) is 2.88. The van der Waals surface area contributed by atoms with E-state index in [0.29, 0.717) is 16.2 Å². The average molecular weight is 346 g/mol. The molecule has 0 aliphatic rings. The zero-order valence-corrected chi connectivity index (χ0v) is 13.7. The summed E-state index contributed by atoms with van der Waals surface area (Å²) in [6.07, 6.45) is 0. The number of nitrogens with one attached hydrogen (secondary N) is 1. The molecule has 0 radical (unpaired) electrons. The van der Waals surface area contributed by atoms with Crippen molar-refractivity contribution in [1.29, 1.82) is 0 Å². The van der Waals surface area contributed by atoms with Crippen LogP contribution in [0.3, 0.4) is 0 Å². The van der Waals surface area contributed by atoms with E-state index in [1.807, 2.05) is 6.92 Å². The van der Waals surface area contributed by atoms with E-state index in [1.165, 1.54) is 16.8 Å². The fourth-order valence-electron chi connectivity index (χ4n) is 2.36. The Kier molecular flexibility index (Phi) is 4.07. The summed E-state index contributed by atoms with van der Waals surface area (Å²) >= 11 is 6.02. The second-order valence-corrected chi connectivity index (χ2v) is 5.79. The summed E-state index contributed by atoms with van der Waals surface area (Å²) in [6.45, 7) is 1.84. The Morgan fingerprint density at radius 1 is 1.25 bits per heavy atom. The van der Waals surface area contributed by atoms with E-state index < -0.39 is 17.2 Å². The van der Waals surface area contributed by atoms with Crippen LogP contribution in [-0.2, 0) is 7.05 Å². The van der Waals surface area contributed by atoms with Crippen LogP contribution in [0.1, 0.15) is 16.1 Å². The molecule has 1 heterocycles. The fourth-order valence-corrected chi connectivity index (χ4v) is 2.54. The van der Waals surface area contributed by atoms with Crippen molar-refractivity contribution in [3.63, 3.8) is 0 Å². The average Bonchev–Trinajstić information content (AvgIpc) is 2.54. The van der Waals surface area contributed by atoms with Crippen molar-refractivity contribution in [3.8, 4) is 0 Å². The number of amides is 1. The molecule has 1 N–H and O–H groups in total. The number of nitrogens with zero attached hydrogens (tertiary/aromatic N) is 2. The van der Waals surface area contributed by atoms with Gasteiger partial charge in [0.15, 0.2) is 5.69 Å². The lowest BCUT2D eigenvalue weighted by atomic mass is 10.2. The maximum Gasteiger partial charge on any atom is 0.280 e. The molecule has 5 nitrogen and oxygen atoms in total. The third-order valence-corrected chi connectivity index (χ3v) is 4.07. The van der Waals surface area contributed by atoms with E-state index in [4.69, 9.17) is 11.6 Å². The van der Waals surface area contributed by atoms with Gasteiger partial charge in [-0.2, -0.15) is 5.10 Å². The first-order valence-electron chi connectivity index (χ1n) is 7.11. The number of aromatic nitrogens is 2. The van der Waals surface area contributed by atoms with Gasteiger partial charge in [-0.05, 0) is 42.8 Å². The summed E-state index contributed by atoms with van der Waals surface area (Å²) in [5.74, 6) is -1.23. The summed E-state index contributed by atoms with van der Waals surface area (Å²) in [7, 11) is 1.58. The molecule has 0 bridgehead atoms. The van der Waals surface area contributed by atoms with Gasteiger partial charge in [0.25, 0.3) is 5.91 Å². The minimum Gasteiger partial charge on any atom is -0.320 e. The van der Waals surface area contributed by atoms with Gasteiger partial charge >= 0.3 is 0 Å². The monoisotopic (exact) mass is 345 g/mol. The van der Waals surface area contributed by atoms with Crippen molar-refractivity contribution in [1.82, 2.24) is 9.78 Å². The molecule has 3 aromatic rings. The first-order valence-corrected chi connectivity index (χ1v) is 7.48. The van der Waals surface area contributed by atoms with Crippen molar-refractivity contribution in [2.24, 2.45) is 7.05 Å². The highest BCUT2D eigenvalue weighted by Crippen LogP contribution is 2.20. The van der Waals surface area contributed by atoms with E-state index >= 15 is 0 Å². The fraction of sp³-hybridized carbons (Fsp3) is 0.118. The van der Waals surface area contributed by atoms with Crippen LogP contribution >= 0.6 is 11.6 Å². The minimum atomic E-state index is -0.679. The molecule has 0 saturated carbocycles. The van der Waals surface area contributed by atoms with Gasteiger partial charge in [-0.25, -0.2) is 4.39 Å². The number of benzene rings is 2. The Bertz CT molecular complexity index is 1030. The van der Waals surface area contributed by atoms with Crippen molar-refractivity contribution in [3.05, 3.63) is 68.7 Å². The van der Waals surface area contributed by atoms with Crippen molar-refractivity contribution < 1.29 is 9.18 Å². The van der Waals surface area contributed by atoms with Crippen molar-refractivity contribution in [2.45, 2.75) is 6.92 Å². The van der Waals surface area contributed by atoms with Crippen LogP contribution in [0, 0.1) is 12.7 Å². The summed E-state index contributed by atoms with van der Waals surface area (Å²) < 4.78 is 14.8. The van der Waals surface area contributed by atoms with Gasteiger partial charge in [-0.3, -0.25) is 14.3 Å². The second-order valence-electron chi connectivity index (χ2n) is 5.38. The van der Waals surface area contributed by atoms with Gasteiger partial charge < -0.3 is 5.32 Å². The van der Waals surface area contributed by atoms with E-state index in [0.717, 1.165) is 11.6 Å². The highest BCUT2D eigenvalue weighted by Gasteiger charge is 2.17. The Balaban J connectivity index is 2.05. The number of fused-ring (bicyclic) bond motifs is 1. The quantitative estimate of drug-likeness (QED) is 0.775. The SMILES string of the molecule is Cc1ccc(NC(=O)c2nn(C)c3ccc(F)cc3c2=O)cc1Cl. The molecule has 0 aliphatic carbocycles. The highest BCUT2D eigenvalue weighted by molar-refractivity contribution is 6.31. The smallest absolute Gasteiger partial charge is 0.280 e. The molecule has 0 fully saturated rings. The summed E-state index contributed by atoms with van der Waals surface area (Å²) in [4.78, 5) is 24.8. The molecule has 1 amide bonds. The first kappa shape index (κ1) is 16.1. The van der Waals surface area contributed by atoms with Gasteiger partial charge in [-0.1, -0.05) is 17.7 Å². The van der Waals surface area contributed by atoms with Crippen molar-refractivity contribution in [2.75, 3.05) is 5.32 Å². The molecule has 2 aromatic carbocycles. The molecule has 122 valence electrons. The van der Waals surface area contributed by atoms with E-state index in [-0.39, 0.29) is 11.1 Å². The molecular weight excluding hydrogens is 333 g/mol. The Morgan fingerprint density at radius 2 is 2.00 bits per heavy atom. The predicted octanol–water partition coefficient (Wildman–Crippen LogP) is 3.29. The predicted molar refractivity (Wildman–Crippen MR) is 91.1 cm³/mol. The maximum atomic E-state index is 13.4. The topological polar surface area (TPSA) is 64.0 Å². The number of anilines is 1. The Labute approximate surface area is 141 Å². The van der Waals surface area contributed by atoms with Crippen LogP contribution in [0.5, 0.6) is 0 Å². The van der Waals surface area contributed by atoms with Crippen LogP contribution in [0.2, 0.25) is 5.02 Å². The molecule has 0 spiro atoms. The molecular formula is C17H13ClFN3O2. The van der Waals surface area contributed by atoms with Gasteiger partial charge in [0.05, 0.1) is 10.9 Å². The molecule has 0 aliphatic heterocycles. The molecule has 0 saturated heterocycles. The number of hydrogen-bond acceptors (Lipinski definition) is 3. The van der Waals surface area contributed by atoms with Crippen molar-refractivity contribution >= 4 is 34.1 Å². The maximum absolute atomic E-state index is 13.4. The summed E-state index contributed by atoms with van der Waals surface area (Å²) in [6, 6.07) is 8.78. The first-order chi connectivity index (χ1) is 11.4. The Hall–Kier alpha value is -2.73. The van der Waals surface area contributed by atoms with Gasteiger partial charge in [0, 0.05) is 17.8 Å². The zero-order valence-electron chi connectivity index (χ0n) is 12.9. The summed E-state index contributed by atoms with van der Waals surface area (Å²) in [5, 5.41) is 7.18.